The van der Waals surface area contributed by atoms with Crippen molar-refractivity contribution in [3.8, 4) is 0 Å². The summed E-state index contributed by atoms with van der Waals surface area (Å²) in [5.74, 6) is 0.0722. The molecule has 0 bridgehead atoms. The van der Waals surface area contributed by atoms with Crippen molar-refractivity contribution in [2.24, 2.45) is 0 Å². The van der Waals surface area contributed by atoms with Gasteiger partial charge in [0, 0.05) is 28.9 Å². The van der Waals surface area contributed by atoms with Crippen molar-refractivity contribution in [1.82, 2.24) is 4.98 Å². The second-order valence-corrected chi connectivity index (χ2v) is 5.05. The predicted molar refractivity (Wildman–Crippen MR) is 81.1 cm³/mol. The van der Waals surface area contributed by atoms with E-state index in [0.29, 0.717) is 0 Å². The number of pyridine rings is 1. The molecule has 2 nitrogen and oxygen atoms in total. The minimum absolute atomic E-state index is 0.0722. The molecule has 1 heterocycles. The molecular weight excluding hydrogens is 246 g/mol. The zero-order valence-corrected chi connectivity index (χ0v) is 11.6. The van der Waals surface area contributed by atoms with Crippen molar-refractivity contribution in [2.75, 3.05) is 0 Å². The van der Waals surface area contributed by atoms with E-state index < -0.39 is 0 Å². The van der Waals surface area contributed by atoms with Gasteiger partial charge in [-0.05, 0) is 36.9 Å². The maximum Gasteiger partial charge on any atom is 0.193 e. The van der Waals surface area contributed by atoms with Crippen molar-refractivity contribution in [3.63, 3.8) is 0 Å². The zero-order valence-electron chi connectivity index (χ0n) is 11.6. The molecule has 0 atom stereocenters. The molecule has 0 unspecified atom stereocenters. The van der Waals surface area contributed by atoms with Crippen LogP contribution in [0.4, 0.5) is 0 Å². The van der Waals surface area contributed by atoms with Crippen LogP contribution in [0, 0.1) is 13.8 Å². The topological polar surface area (TPSA) is 30.0 Å². The summed E-state index contributed by atoms with van der Waals surface area (Å²) in [6.45, 7) is 3.97. The first kappa shape index (κ1) is 12.5. The molecule has 0 N–H and O–H groups in total. The molecule has 0 radical (unpaired) electrons. The van der Waals surface area contributed by atoms with E-state index in [-0.39, 0.29) is 5.78 Å². The van der Waals surface area contributed by atoms with E-state index >= 15 is 0 Å². The average Bonchev–Trinajstić information content (AvgIpc) is 2.48. The third-order valence-electron chi connectivity index (χ3n) is 3.56. The molecule has 98 valence electrons. The number of aromatic nitrogens is 1. The molecule has 2 heteroatoms. The zero-order chi connectivity index (χ0) is 14.1. The maximum absolute atomic E-state index is 12.8. The van der Waals surface area contributed by atoms with Gasteiger partial charge in [0.25, 0.3) is 0 Å². The van der Waals surface area contributed by atoms with Crippen molar-refractivity contribution in [3.05, 3.63) is 77.1 Å². The van der Waals surface area contributed by atoms with Crippen molar-refractivity contribution >= 4 is 16.6 Å². The van der Waals surface area contributed by atoms with Crippen LogP contribution < -0.4 is 0 Å². The Kier molecular flexibility index (Phi) is 3.07. The van der Waals surface area contributed by atoms with E-state index in [9.17, 15) is 4.79 Å². The van der Waals surface area contributed by atoms with Crippen LogP contribution >= 0.6 is 0 Å². The van der Waals surface area contributed by atoms with E-state index in [4.69, 9.17) is 0 Å². The number of hydrogen-bond donors (Lipinski definition) is 0. The van der Waals surface area contributed by atoms with E-state index in [1.165, 1.54) is 0 Å². The molecule has 0 saturated heterocycles. The number of aryl methyl sites for hydroxylation is 2. The second-order valence-electron chi connectivity index (χ2n) is 5.05. The molecule has 0 aliphatic rings. The standard InChI is InChI=1S/C18H15NO/c1-12-6-7-13(2)17(10-12)18(20)16-5-3-4-14-11-19-9-8-15(14)16/h3-11H,1-2H3. The first-order valence-electron chi connectivity index (χ1n) is 6.61. The van der Waals surface area contributed by atoms with Gasteiger partial charge in [-0.15, -0.1) is 0 Å². The van der Waals surface area contributed by atoms with Gasteiger partial charge in [-0.1, -0.05) is 35.9 Å². The van der Waals surface area contributed by atoms with Crippen LogP contribution in [0.25, 0.3) is 10.8 Å². The van der Waals surface area contributed by atoms with Crippen LogP contribution in [-0.2, 0) is 0 Å². The van der Waals surface area contributed by atoms with Gasteiger partial charge in [0.05, 0.1) is 0 Å². The molecule has 0 aliphatic heterocycles. The van der Waals surface area contributed by atoms with E-state index in [2.05, 4.69) is 4.98 Å². The van der Waals surface area contributed by atoms with Gasteiger partial charge in [-0.2, -0.15) is 0 Å². The lowest BCUT2D eigenvalue weighted by molar-refractivity contribution is 0.103. The molecule has 3 rings (SSSR count). The minimum atomic E-state index is 0.0722. The quantitative estimate of drug-likeness (QED) is 0.650. The van der Waals surface area contributed by atoms with Gasteiger partial charge in [0.2, 0.25) is 0 Å². The summed E-state index contributed by atoms with van der Waals surface area (Å²) in [5, 5.41) is 1.94. The molecule has 0 fully saturated rings. The number of fused-ring (bicyclic) bond motifs is 1. The number of carbonyl (C=O) groups excluding carboxylic acids is 1. The minimum Gasteiger partial charge on any atom is -0.289 e. The molecule has 0 saturated carbocycles. The molecule has 2 aromatic carbocycles. The Morgan fingerprint density at radius 1 is 1.00 bits per heavy atom. The number of carbonyl (C=O) groups is 1. The molecule has 20 heavy (non-hydrogen) atoms. The van der Waals surface area contributed by atoms with Gasteiger partial charge in [0.1, 0.15) is 0 Å². The fourth-order valence-corrected chi connectivity index (χ4v) is 2.45. The van der Waals surface area contributed by atoms with Crippen molar-refractivity contribution in [1.29, 1.82) is 0 Å². The smallest absolute Gasteiger partial charge is 0.193 e. The van der Waals surface area contributed by atoms with Gasteiger partial charge >= 0.3 is 0 Å². The summed E-state index contributed by atoms with van der Waals surface area (Å²) in [7, 11) is 0. The first-order chi connectivity index (χ1) is 9.66. The Balaban J connectivity index is 2.20. The third-order valence-corrected chi connectivity index (χ3v) is 3.56. The van der Waals surface area contributed by atoms with Crippen LogP contribution in [0.5, 0.6) is 0 Å². The lowest BCUT2D eigenvalue weighted by atomic mass is 9.94. The van der Waals surface area contributed by atoms with Crippen LogP contribution in [0.3, 0.4) is 0 Å². The molecule has 3 aromatic rings. The SMILES string of the molecule is Cc1ccc(C)c(C(=O)c2cccc3cnccc23)c1. The van der Waals surface area contributed by atoms with E-state index in [1.54, 1.807) is 12.4 Å². The number of rotatable bonds is 2. The molecular formula is C18H15NO. The number of nitrogens with zero attached hydrogens (tertiary/aromatic N) is 1. The molecule has 1 aromatic heterocycles. The summed E-state index contributed by atoms with van der Waals surface area (Å²) >= 11 is 0. The highest BCUT2D eigenvalue weighted by Crippen LogP contribution is 2.22. The highest BCUT2D eigenvalue weighted by molar-refractivity contribution is 6.16. The summed E-state index contributed by atoms with van der Waals surface area (Å²) in [5.41, 5.74) is 3.61. The second kappa shape index (κ2) is 4.89. The monoisotopic (exact) mass is 261 g/mol. The largest absolute Gasteiger partial charge is 0.289 e. The predicted octanol–water partition coefficient (Wildman–Crippen LogP) is 4.08. The van der Waals surface area contributed by atoms with Gasteiger partial charge in [-0.25, -0.2) is 0 Å². The Hall–Kier alpha value is -2.48. The van der Waals surface area contributed by atoms with Gasteiger partial charge in [-0.3, -0.25) is 9.78 Å². The van der Waals surface area contributed by atoms with E-state index in [0.717, 1.165) is 33.0 Å². The Bertz CT molecular complexity index is 800. The summed E-state index contributed by atoms with van der Waals surface area (Å²) in [4.78, 5) is 16.9. The molecule has 0 amide bonds. The Labute approximate surface area is 118 Å². The fourth-order valence-electron chi connectivity index (χ4n) is 2.45. The fraction of sp³-hybridized carbons (Fsp3) is 0.111. The van der Waals surface area contributed by atoms with Crippen LogP contribution in [0.15, 0.2) is 54.9 Å². The highest BCUT2D eigenvalue weighted by Gasteiger charge is 2.14. The first-order valence-corrected chi connectivity index (χ1v) is 6.61. The molecule has 0 aliphatic carbocycles. The van der Waals surface area contributed by atoms with Crippen LogP contribution in [-0.4, -0.2) is 10.8 Å². The average molecular weight is 261 g/mol. The van der Waals surface area contributed by atoms with Crippen LogP contribution in [0.1, 0.15) is 27.0 Å². The van der Waals surface area contributed by atoms with Gasteiger partial charge < -0.3 is 0 Å². The summed E-state index contributed by atoms with van der Waals surface area (Å²) < 4.78 is 0. The van der Waals surface area contributed by atoms with Gasteiger partial charge in [0.15, 0.2) is 5.78 Å². The number of hydrogen-bond acceptors (Lipinski definition) is 2. The van der Waals surface area contributed by atoms with Crippen molar-refractivity contribution in [2.45, 2.75) is 13.8 Å². The number of ketones is 1. The molecule has 0 spiro atoms. The maximum atomic E-state index is 12.8. The third kappa shape index (κ3) is 2.10. The van der Waals surface area contributed by atoms with Crippen molar-refractivity contribution < 1.29 is 4.79 Å². The van der Waals surface area contributed by atoms with E-state index in [1.807, 2.05) is 56.3 Å². The number of benzene rings is 2. The Morgan fingerprint density at radius 2 is 1.85 bits per heavy atom. The lowest BCUT2D eigenvalue weighted by Crippen LogP contribution is -2.05. The Morgan fingerprint density at radius 3 is 2.70 bits per heavy atom. The lowest BCUT2D eigenvalue weighted by Gasteiger charge is -2.09. The summed E-state index contributed by atoms with van der Waals surface area (Å²) in [6.07, 6.45) is 3.51. The van der Waals surface area contributed by atoms with Crippen LogP contribution in [0.2, 0.25) is 0 Å². The highest BCUT2D eigenvalue weighted by atomic mass is 16.1. The summed E-state index contributed by atoms with van der Waals surface area (Å²) in [6, 6.07) is 13.6. The normalized spacial score (nSPS) is 10.7.